The zero-order chi connectivity index (χ0) is 75.7. The summed E-state index contributed by atoms with van der Waals surface area (Å²) in [6.07, 6.45) is 0. The first kappa shape index (κ1) is 68.2. The van der Waals surface area contributed by atoms with Crippen LogP contribution in [0.3, 0.4) is 0 Å². The van der Waals surface area contributed by atoms with Crippen molar-refractivity contribution in [3.63, 3.8) is 0 Å². The third kappa shape index (κ3) is 13.1. The van der Waals surface area contributed by atoms with E-state index in [1.165, 1.54) is 54.9 Å². The van der Waals surface area contributed by atoms with Gasteiger partial charge in [0.1, 0.15) is 22.3 Å². The molecule has 0 N–H and O–H groups in total. The molecule has 4 nitrogen and oxygen atoms in total. The standard InChI is InChI=1S/C58H39NO.C52H35NO/c1-3-13-40(14-4-1)41-27-33-48(34-28-41)59(50-37-31-45(32-38-50)52-22-10-18-43-17-7-8-21-51(43)52)49-35-29-42(30-36-49)46-19-9-20-47(39-46)54-24-12-26-56-55-25-11-23-53(57(55)60-58(54)56)44-15-5-2-6-16-44;1-3-13-36(14-4-1)37-27-31-43(32-28-37)53(50-26-10-18-39-17-7-8-21-45(39)50)44-33-29-38(30-34-44)41-19-9-20-42(35-41)47-23-12-25-49-48-24-11-22-46(51(48)54-52(47)49)40-15-5-2-6-16-40/h1-39H;1-35H. The summed E-state index contributed by atoms with van der Waals surface area (Å²) in [5.74, 6) is 0. The van der Waals surface area contributed by atoms with E-state index >= 15 is 0 Å². The summed E-state index contributed by atoms with van der Waals surface area (Å²) in [5.41, 5.74) is 31.0. The van der Waals surface area contributed by atoms with Crippen LogP contribution in [0.4, 0.5) is 34.1 Å². The van der Waals surface area contributed by atoms with Crippen molar-refractivity contribution in [2.45, 2.75) is 0 Å². The molecule has 0 spiro atoms. The maximum absolute atomic E-state index is 6.77. The van der Waals surface area contributed by atoms with Crippen LogP contribution in [0, 0.1) is 0 Å². The van der Waals surface area contributed by atoms with Gasteiger partial charge in [0.2, 0.25) is 0 Å². The summed E-state index contributed by atoms with van der Waals surface area (Å²) < 4.78 is 13.5. The van der Waals surface area contributed by atoms with Crippen LogP contribution >= 0.6 is 0 Å². The van der Waals surface area contributed by atoms with E-state index in [0.717, 1.165) is 145 Å². The molecule has 0 bridgehead atoms. The van der Waals surface area contributed by atoms with Crippen molar-refractivity contribution in [3.05, 3.63) is 449 Å². The van der Waals surface area contributed by atoms with E-state index < -0.39 is 0 Å². The molecule has 0 radical (unpaired) electrons. The molecule has 21 aromatic rings. The average Bonchev–Trinajstić information content (AvgIpc) is 1.61. The van der Waals surface area contributed by atoms with E-state index in [4.69, 9.17) is 8.83 Å². The highest BCUT2D eigenvalue weighted by Gasteiger charge is 2.22. The van der Waals surface area contributed by atoms with Crippen LogP contribution in [0.15, 0.2) is 458 Å². The lowest BCUT2D eigenvalue weighted by Gasteiger charge is -2.27. The first-order chi connectivity index (χ1) is 56.5. The maximum atomic E-state index is 6.77. The fourth-order valence-electron chi connectivity index (χ4n) is 16.5. The zero-order valence-corrected chi connectivity index (χ0v) is 62.4. The van der Waals surface area contributed by atoms with Gasteiger partial charge < -0.3 is 18.6 Å². The number of anilines is 6. The quantitative estimate of drug-likeness (QED) is 0.102. The van der Waals surface area contributed by atoms with Crippen molar-refractivity contribution in [3.8, 4) is 100 Å². The van der Waals surface area contributed by atoms with Crippen molar-refractivity contribution in [1.29, 1.82) is 0 Å². The third-order valence-corrected chi connectivity index (χ3v) is 22.2. The Morgan fingerprint density at radius 2 is 0.377 bits per heavy atom. The Labute approximate surface area is 662 Å². The molecule has 4 heteroatoms. The number of benzene rings is 19. The van der Waals surface area contributed by atoms with E-state index in [1.54, 1.807) is 0 Å². The lowest BCUT2D eigenvalue weighted by Crippen LogP contribution is -2.10. The van der Waals surface area contributed by atoms with Gasteiger partial charge in [-0.15, -0.1) is 0 Å². The van der Waals surface area contributed by atoms with Crippen LogP contribution in [-0.2, 0) is 0 Å². The van der Waals surface area contributed by atoms with Gasteiger partial charge in [-0.05, 0) is 173 Å². The van der Waals surface area contributed by atoms with E-state index in [0.29, 0.717) is 0 Å². The van der Waals surface area contributed by atoms with Crippen LogP contribution in [0.1, 0.15) is 0 Å². The Morgan fingerprint density at radius 3 is 0.781 bits per heavy atom. The van der Waals surface area contributed by atoms with Gasteiger partial charge in [0.15, 0.2) is 0 Å². The molecule has 0 fully saturated rings. The Balaban J connectivity index is 0.000000149. The summed E-state index contributed by atoms with van der Waals surface area (Å²) in [6, 6.07) is 160. The largest absolute Gasteiger partial charge is 0.455 e. The molecular formula is C110H74N2O2. The highest BCUT2D eigenvalue weighted by molar-refractivity contribution is 6.15. The minimum absolute atomic E-state index is 0.906. The van der Waals surface area contributed by atoms with Crippen molar-refractivity contribution < 1.29 is 8.83 Å². The molecule has 0 amide bonds. The van der Waals surface area contributed by atoms with Gasteiger partial charge in [-0.25, -0.2) is 0 Å². The average molecular weight is 1460 g/mol. The summed E-state index contributed by atoms with van der Waals surface area (Å²) in [5, 5.41) is 9.43. The van der Waals surface area contributed by atoms with Crippen LogP contribution in [-0.4, -0.2) is 0 Å². The molecule has 0 atom stereocenters. The Kier molecular flexibility index (Phi) is 18.0. The molecular weight excluding hydrogens is 1380 g/mol. The van der Waals surface area contributed by atoms with Gasteiger partial charge in [0.05, 0.1) is 5.69 Å². The van der Waals surface area contributed by atoms with Gasteiger partial charge in [-0.2, -0.15) is 0 Å². The number of fused-ring (bicyclic) bond motifs is 8. The first-order valence-electron chi connectivity index (χ1n) is 38.9. The lowest BCUT2D eigenvalue weighted by atomic mass is 9.97. The van der Waals surface area contributed by atoms with Gasteiger partial charge in [0.25, 0.3) is 0 Å². The molecule has 536 valence electrons. The lowest BCUT2D eigenvalue weighted by molar-refractivity contribution is 0.670. The van der Waals surface area contributed by atoms with E-state index in [1.807, 2.05) is 12.1 Å². The molecule has 2 heterocycles. The van der Waals surface area contributed by atoms with Crippen molar-refractivity contribution in [2.24, 2.45) is 0 Å². The fourth-order valence-corrected chi connectivity index (χ4v) is 16.5. The molecule has 0 aliphatic rings. The molecule has 0 aliphatic carbocycles. The monoisotopic (exact) mass is 1450 g/mol. The Hall–Kier alpha value is -15.1. The number of rotatable bonds is 15. The number of nitrogens with zero attached hydrogens (tertiary/aromatic N) is 2. The summed E-state index contributed by atoms with van der Waals surface area (Å²) in [7, 11) is 0. The second-order valence-electron chi connectivity index (χ2n) is 29.0. The van der Waals surface area contributed by atoms with Crippen LogP contribution in [0.25, 0.3) is 166 Å². The maximum Gasteiger partial charge on any atom is 0.143 e. The van der Waals surface area contributed by atoms with Crippen molar-refractivity contribution >= 4 is 99.5 Å². The van der Waals surface area contributed by atoms with Crippen molar-refractivity contribution in [2.75, 3.05) is 9.80 Å². The molecule has 19 aromatic carbocycles. The number of hydrogen-bond acceptors (Lipinski definition) is 4. The predicted octanol–water partition coefficient (Wildman–Crippen LogP) is 31.4. The topological polar surface area (TPSA) is 32.8 Å². The fraction of sp³-hybridized carbons (Fsp3) is 0. The highest BCUT2D eigenvalue weighted by atomic mass is 16.3. The summed E-state index contributed by atoms with van der Waals surface area (Å²) in [4.78, 5) is 4.71. The zero-order valence-electron chi connectivity index (χ0n) is 62.4. The van der Waals surface area contributed by atoms with Gasteiger partial charge in [-0.1, -0.05) is 370 Å². The second kappa shape index (κ2) is 30.1. The van der Waals surface area contributed by atoms with E-state index in [-0.39, 0.29) is 0 Å². The minimum Gasteiger partial charge on any atom is -0.455 e. The summed E-state index contributed by atoms with van der Waals surface area (Å²) in [6.45, 7) is 0. The Morgan fingerprint density at radius 1 is 0.140 bits per heavy atom. The second-order valence-corrected chi connectivity index (χ2v) is 29.0. The van der Waals surface area contributed by atoms with Crippen LogP contribution in [0.5, 0.6) is 0 Å². The van der Waals surface area contributed by atoms with E-state index in [9.17, 15) is 0 Å². The van der Waals surface area contributed by atoms with E-state index in [2.05, 4.69) is 447 Å². The summed E-state index contributed by atoms with van der Waals surface area (Å²) >= 11 is 0. The smallest absolute Gasteiger partial charge is 0.143 e. The van der Waals surface area contributed by atoms with Crippen LogP contribution in [0.2, 0.25) is 0 Å². The van der Waals surface area contributed by atoms with Gasteiger partial charge >= 0.3 is 0 Å². The van der Waals surface area contributed by atoms with Gasteiger partial charge in [-0.3, -0.25) is 0 Å². The number of furan rings is 2. The number of para-hydroxylation sites is 4. The molecule has 21 rings (SSSR count). The molecule has 0 aliphatic heterocycles. The molecule has 0 unspecified atom stereocenters. The highest BCUT2D eigenvalue weighted by Crippen LogP contribution is 2.46. The third-order valence-electron chi connectivity index (χ3n) is 22.2. The molecule has 2 aromatic heterocycles. The SMILES string of the molecule is c1ccc(-c2ccc(N(c3ccc(-c4cccc(-c5cccc6c5oc5c(-c7ccccc7)cccc56)c4)cc3)c3ccc(-c4cccc5ccccc45)cc3)cc2)cc1.c1ccc(-c2ccc(N(c3ccc(-c4cccc(-c5cccc6c5oc5c(-c7ccccc7)cccc56)c4)cc3)c3cccc4ccccc34)cc2)cc1. The molecule has 114 heavy (non-hydrogen) atoms. The van der Waals surface area contributed by atoms with Crippen LogP contribution < -0.4 is 9.80 Å². The predicted molar refractivity (Wildman–Crippen MR) is 481 cm³/mol. The van der Waals surface area contributed by atoms with Gasteiger partial charge in [0, 0.05) is 77.6 Å². The number of hydrogen-bond donors (Lipinski definition) is 0. The van der Waals surface area contributed by atoms with Crippen molar-refractivity contribution in [1.82, 2.24) is 0 Å². The molecule has 0 saturated heterocycles. The minimum atomic E-state index is 0.906. The Bertz CT molecular complexity index is 7030. The molecule has 0 saturated carbocycles. The first-order valence-corrected chi connectivity index (χ1v) is 38.9. The normalized spacial score (nSPS) is 11.3.